The van der Waals surface area contributed by atoms with Crippen LogP contribution in [0.4, 0.5) is 5.69 Å². The zero-order valence-electron chi connectivity index (χ0n) is 20.1. The number of aromatic nitrogens is 4. The van der Waals surface area contributed by atoms with Crippen LogP contribution >= 0.6 is 11.8 Å². The van der Waals surface area contributed by atoms with Gasteiger partial charge in [-0.25, -0.2) is 9.78 Å². The number of aryl methyl sites for hydroxylation is 1. The number of nitro groups is 1. The second-order valence-corrected chi connectivity index (χ2v) is 8.22. The molecule has 0 aliphatic heterocycles. The summed E-state index contributed by atoms with van der Waals surface area (Å²) >= 11 is 1.13. The molecule has 1 unspecified atom stereocenters. The Hall–Kier alpha value is -3.41. The minimum Gasteiger partial charge on any atom is -0.465 e. The average Bonchev–Trinajstić information content (AvgIpc) is 3.19. The van der Waals surface area contributed by atoms with Gasteiger partial charge in [0.05, 0.1) is 18.1 Å². The van der Waals surface area contributed by atoms with Crippen molar-refractivity contribution < 1.29 is 14.5 Å². The molecule has 1 atom stereocenters. The molecule has 0 N–H and O–H groups in total. The topological polar surface area (TPSA) is 131 Å². The van der Waals surface area contributed by atoms with Crippen molar-refractivity contribution in [3.63, 3.8) is 0 Å². The monoisotopic (exact) mass is 491 g/mol. The van der Waals surface area contributed by atoms with E-state index < -0.39 is 27.4 Å². The van der Waals surface area contributed by atoms with Crippen LogP contribution in [0.15, 0.2) is 39.0 Å². The van der Waals surface area contributed by atoms with Crippen molar-refractivity contribution in [2.75, 3.05) is 6.61 Å². The van der Waals surface area contributed by atoms with E-state index in [-0.39, 0.29) is 30.0 Å². The Balaban J connectivity index is 0.00000199. The van der Waals surface area contributed by atoms with Crippen LogP contribution in [0.5, 0.6) is 0 Å². The van der Waals surface area contributed by atoms with Gasteiger partial charge in [0.25, 0.3) is 11.2 Å². The summed E-state index contributed by atoms with van der Waals surface area (Å²) in [4.78, 5) is 52.9. The first kappa shape index (κ1) is 26.8. The summed E-state index contributed by atoms with van der Waals surface area (Å²) in [5, 5.41) is 10.9. The van der Waals surface area contributed by atoms with Gasteiger partial charge >= 0.3 is 11.7 Å². The third-order valence-electron chi connectivity index (χ3n) is 4.94. The Bertz CT molecular complexity index is 1310. The van der Waals surface area contributed by atoms with Crippen LogP contribution in [-0.2, 0) is 30.2 Å². The smallest absolute Gasteiger partial charge is 0.332 e. The van der Waals surface area contributed by atoms with E-state index in [9.17, 15) is 24.5 Å². The number of nitrogens with zero attached hydrogens (tertiary/aromatic N) is 5. The number of thioether (sulfide) groups is 1. The molecule has 184 valence electrons. The molecule has 3 aromatic rings. The number of esters is 1. The Kier molecular flexibility index (Phi) is 9.19. The fraction of sp³-hybridized carbons (Fsp3) is 0.455. The second kappa shape index (κ2) is 11.6. The molecule has 0 radical (unpaired) electrons. The normalized spacial score (nSPS) is 11.6. The molecule has 0 saturated carbocycles. The number of hydrogen-bond acceptors (Lipinski definition) is 8. The van der Waals surface area contributed by atoms with Gasteiger partial charge in [0.15, 0.2) is 16.3 Å². The lowest BCUT2D eigenvalue weighted by molar-refractivity contribution is -0.384. The number of carbonyl (C=O) groups excluding carboxylic acids is 1. The zero-order valence-corrected chi connectivity index (χ0v) is 20.9. The molecule has 2 aromatic heterocycles. The predicted octanol–water partition coefficient (Wildman–Crippen LogP) is 2.85. The number of carbonyl (C=O) groups is 1. The molecule has 0 spiro atoms. The van der Waals surface area contributed by atoms with Crippen LogP contribution < -0.4 is 11.2 Å². The Morgan fingerprint density at radius 3 is 2.47 bits per heavy atom. The standard InChI is InChI=1S/C20H23N5O6S.C2H6/c1-5-14(18(27)31-6-2)32-19-21-16-15(17(26)23(4)20(28)22(16)3)24(19)11-12-8-7-9-13(10-12)25(29)30;1-2/h7-10,14H,5-6,11H2,1-4H3;1-2H3. The van der Waals surface area contributed by atoms with Crippen molar-refractivity contribution in [1.29, 1.82) is 0 Å². The lowest BCUT2D eigenvalue weighted by atomic mass is 10.2. The van der Waals surface area contributed by atoms with E-state index in [1.807, 2.05) is 20.8 Å². The van der Waals surface area contributed by atoms with Crippen molar-refractivity contribution in [3.8, 4) is 0 Å². The molecule has 0 aliphatic carbocycles. The second-order valence-electron chi connectivity index (χ2n) is 7.05. The molecule has 0 aliphatic rings. The number of benzene rings is 1. The molecule has 3 rings (SSSR count). The summed E-state index contributed by atoms with van der Waals surface area (Å²) in [6.07, 6.45) is 0.459. The molecule has 1 aromatic carbocycles. The van der Waals surface area contributed by atoms with Gasteiger partial charge in [0.1, 0.15) is 5.25 Å². The van der Waals surface area contributed by atoms with Crippen LogP contribution in [0.3, 0.4) is 0 Å². The molecule has 12 heteroatoms. The first-order valence-corrected chi connectivity index (χ1v) is 11.8. The molecule has 2 heterocycles. The first-order chi connectivity index (χ1) is 16.2. The van der Waals surface area contributed by atoms with E-state index in [0.717, 1.165) is 16.3 Å². The molecule has 0 amide bonds. The molecule has 0 fully saturated rings. The summed E-state index contributed by atoms with van der Waals surface area (Å²) in [5.41, 5.74) is -0.250. The average molecular weight is 492 g/mol. The van der Waals surface area contributed by atoms with Crippen molar-refractivity contribution in [3.05, 3.63) is 60.8 Å². The highest BCUT2D eigenvalue weighted by atomic mass is 32.2. The molecule has 0 saturated heterocycles. The molecular weight excluding hydrogens is 462 g/mol. The summed E-state index contributed by atoms with van der Waals surface area (Å²) in [7, 11) is 2.88. The van der Waals surface area contributed by atoms with E-state index in [4.69, 9.17) is 4.74 Å². The number of nitro benzene ring substituents is 1. The highest BCUT2D eigenvalue weighted by Gasteiger charge is 2.26. The van der Waals surface area contributed by atoms with Crippen LogP contribution in [0.1, 0.15) is 39.7 Å². The van der Waals surface area contributed by atoms with E-state index in [1.165, 1.54) is 30.8 Å². The van der Waals surface area contributed by atoms with Crippen LogP contribution in [-0.4, -0.2) is 41.4 Å². The van der Waals surface area contributed by atoms with Crippen LogP contribution in [0, 0.1) is 10.1 Å². The highest BCUT2D eigenvalue weighted by Crippen LogP contribution is 2.29. The van der Waals surface area contributed by atoms with Gasteiger partial charge in [0, 0.05) is 26.2 Å². The Morgan fingerprint density at radius 1 is 1.21 bits per heavy atom. The first-order valence-electron chi connectivity index (χ1n) is 10.9. The van der Waals surface area contributed by atoms with Crippen molar-refractivity contribution in [2.45, 2.75) is 51.1 Å². The minimum absolute atomic E-state index is 0.0839. The summed E-state index contributed by atoms with van der Waals surface area (Å²) in [6, 6.07) is 6.04. The number of rotatable bonds is 8. The molecule has 34 heavy (non-hydrogen) atoms. The van der Waals surface area contributed by atoms with Gasteiger partial charge in [-0.05, 0) is 18.9 Å². The maximum atomic E-state index is 13.0. The van der Waals surface area contributed by atoms with E-state index >= 15 is 0 Å². The van der Waals surface area contributed by atoms with Gasteiger partial charge < -0.3 is 9.30 Å². The zero-order chi connectivity index (χ0) is 25.6. The molecule has 0 bridgehead atoms. The molecule has 11 nitrogen and oxygen atoms in total. The van der Waals surface area contributed by atoms with Crippen LogP contribution in [0.25, 0.3) is 11.2 Å². The predicted molar refractivity (Wildman–Crippen MR) is 130 cm³/mol. The SMILES string of the molecule is CC.CCOC(=O)C(CC)Sc1nc2c(c(=O)n(C)c(=O)n2C)n1Cc1cccc([N+](=O)[O-])c1. The number of fused-ring (bicyclic) bond motifs is 1. The van der Waals surface area contributed by atoms with E-state index in [1.54, 1.807) is 23.6 Å². The number of non-ortho nitro benzene ring substituents is 1. The summed E-state index contributed by atoms with van der Waals surface area (Å²) < 4.78 is 8.96. The van der Waals surface area contributed by atoms with Crippen molar-refractivity contribution in [1.82, 2.24) is 18.7 Å². The van der Waals surface area contributed by atoms with Gasteiger partial charge in [-0.1, -0.05) is 44.7 Å². The maximum Gasteiger partial charge on any atom is 0.332 e. The highest BCUT2D eigenvalue weighted by molar-refractivity contribution is 8.00. The largest absolute Gasteiger partial charge is 0.465 e. The number of ether oxygens (including phenoxy) is 1. The van der Waals surface area contributed by atoms with Gasteiger partial charge in [-0.2, -0.15) is 0 Å². The quantitative estimate of drug-likeness (QED) is 0.203. The Morgan fingerprint density at radius 2 is 1.88 bits per heavy atom. The van der Waals surface area contributed by atoms with Gasteiger partial charge in [-0.3, -0.25) is 28.8 Å². The molecular formula is C22H29N5O6S. The fourth-order valence-electron chi connectivity index (χ4n) is 3.27. The van der Waals surface area contributed by atoms with Gasteiger partial charge in [0.2, 0.25) is 0 Å². The van der Waals surface area contributed by atoms with E-state index in [2.05, 4.69) is 4.98 Å². The lowest BCUT2D eigenvalue weighted by Crippen LogP contribution is -2.37. The fourth-order valence-corrected chi connectivity index (χ4v) is 4.28. The van der Waals surface area contributed by atoms with Crippen molar-refractivity contribution >= 4 is 34.6 Å². The minimum atomic E-state index is -0.573. The Labute approximate surface area is 200 Å². The van der Waals surface area contributed by atoms with Gasteiger partial charge in [-0.15, -0.1) is 0 Å². The maximum absolute atomic E-state index is 13.0. The summed E-state index contributed by atoms with van der Waals surface area (Å²) in [6.45, 7) is 7.87. The van der Waals surface area contributed by atoms with Crippen LogP contribution in [0.2, 0.25) is 0 Å². The third-order valence-corrected chi connectivity index (χ3v) is 6.28. The van der Waals surface area contributed by atoms with Crippen molar-refractivity contribution in [2.24, 2.45) is 14.1 Å². The number of hydrogen-bond donors (Lipinski definition) is 0. The van der Waals surface area contributed by atoms with E-state index in [0.29, 0.717) is 17.1 Å². The lowest BCUT2D eigenvalue weighted by Gasteiger charge is -2.14. The number of imidazole rings is 1. The third kappa shape index (κ3) is 5.38. The summed E-state index contributed by atoms with van der Waals surface area (Å²) in [5.74, 6) is -0.407.